The summed E-state index contributed by atoms with van der Waals surface area (Å²) < 4.78 is 0. The summed E-state index contributed by atoms with van der Waals surface area (Å²) in [6.07, 6.45) is 1.76. The summed E-state index contributed by atoms with van der Waals surface area (Å²) in [5, 5.41) is 22.3. The van der Waals surface area contributed by atoms with E-state index in [0.717, 1.165) is 6.07 Å². The van der Waals surface area contributed by atoms with Gasteiger partial charge in [-0.3, -0.25) is 14.9 Å². The Hall–Kier alpha value is -1.76. The van der Waals surface area contributed by atoms with E-state index in [2.05, 4.69) is 5.32 Å². The zero-order valence-electron chi connectivity index (χ0n) is 8.47. The second-order valence-corrected chi connectivity index (χ2v) is 3.81. The number of non-ortho nitro benzene ring substituents is 1. The van der Waals surface area contributed by atoms with Crippen LogP contribution in [0.5, 0.6) is 5.75 Å². The lowest BCUT2D eigenvalue weighted by atomic mass is 10.2. The molecule has 16 heavy (non-hydrogen) atoms. The lowest BCUT2D eigenvalue weighted by Gasteiger charge is -2.05. The number of thioether (sulfide) groups is 1. The molecule has 6 nitrogen and oxygen atoms in total. The van der Waals surface area contributed by atoms with Crippen molar-refractivity contribution >= 4 is 29.0 Å². The Morgan fingerprint density at radius 1 is 1.62 bits per heavy atom. The van der Waals surface area contributed by atoms with E-state index in [9.17, 15) is 20.0 Å². The van der Waals surface area contributed by atoms with Crippen LogP contribution in [0.1, 0.15) is 0 Å². The summed E-state index contributed by atoms with van der Waals surface area (Å²) in [6.45, 7) is 0. The van der Waals surface area contributed by atoms with Gasteiger partial charge < -0.3 is 10.4 Å². The molecule has 1 amide bonds. The first-order valence-corrected chi connectivity index (χ1v) is 5.70. The molecule has 0 aliphatic rings. The molecule has 1 aromatic rings. The van der Waals surface area contributed by atoms with Crippen molar-refractivity contribution in [3.05, 3.63) is 28.3 Å². The molecule has 1 rings (SSSR count). The van der Waals surface area contributed by atoms with Crippen LogP contribution in [0.3, 0.4) is 0 Å². The zero-order valence-corrected chi connectivity index (χ0v) is 9.28. The minimum atomic E-state index is -0.594. The molecule has 0 bridgehead atoms. The molecule has 0 heterocycles. The standard InChI is InChI=1S/C9H10N2O4S/c1-16-5-9(13)10-7-4-6(11(14)15)2-3-8(7)12/h2-4,12H,5H2,1H3,(H,10,13). The van der Waals surface area contributed by atoms with E-state index < -0.39 is 4.92 Å². The molecular formula is C9H10N2O4S. The number of hydrogen-bond acceptors (Lipinski definition) is 5. The minimum Gasteiger partial charge on any atom is -0.506 e. The average molecular weight is 242 g/mol. The van der Waals surface area contributed by atoms with E-state index in [-0.39, 0.29) is 28.8 Å². The van der Waals surface area contributed by atoms with Crippen LogP contribution >= 0.6 is 11.8 Å². The molecule has 0 aliphatic carbocycles. The fourth-order valence-corrected chi connectivity index (χ4v) is 1.39. The molecule has 0 radical (unpaired) electrons. The summed E-state index contributed by atoms with van der Waals surface area (Å²) >= 11 is 1.32. The van der Waals surface area contributed by atoms with E-state index in [1.807, 2.05) is 0 Å². The number of benzene rings is 1. The van der Waals surface area contributed by atoms with Crippen molar-refractivity contribution < 1.29 is 14.8 Å². The number of carbonyl (C=O) groups is 1. The van der Waals surface area contributed by atoms with Crippen LogP contribution in [0, 0.1) is 10.1 Å². The van der Waals surface area contributed by atoms with Gasteiger partial charge in [0.1, 0.15) is 5.75 Å². The smallest absolute Gasteiger partial charge is 0.271 e. The number of carbonyl (C=O) groups excluding carboxylic acids is 1. The average Bonchev–Trinajstić information content (AvgIpc) is 2.21. The van der Waals surface area contributed by atoms with Crippen LogP contribution < -0.4 is 5.32 Å². The molecule has 0 aromatic heterocycles. The Balaban J connectivity index is 2.90. The molecule has 7 heteroatoms. The molecule has 0 atom stereocenters. The first kappa shape index (κ1) is 12.3. The quantitative estimate of drug-likeness (QED) is 0.475. The fourth-order valence-electron chi connectivity index (χ4n) is 1.06. The van der Waals surface area contributed by atoms with Gasteiger partial charge in [0.15, 0.2) is 0 Å². The third-order valence-electron chi connectivity index (χ3n) is 1.74. The molecule has 0 unspecified atom stereocenters. The molecule has 86 valence electrons. The summed E-state index contributed by atoms with van der Waals surface area (Å²) in [5.41, 5.74) is -0.134. The summed E-state index contributed by atoms with van der Waals surface area (Å²) in [4.78, 5) is 21.1. The number of anilines is 1. The molecule has 0 aliphatic heterocycles. The highest BCUT2D eigenvalue weighted by molar-refractivity contribution is 7.99. The first-order valence-electron chi connectivity index (χ1n) is 4.30. The van der Waals surface area contributed by atoms with Crippen LogP contribution in [0.25, 0.3) is 0 Å². The Morgan fingerprint density at radius 3 is 2.88 bits per heavy atom. The van der Waals surface area contributed by atoms with E-state index >= 15 is 0 Å². The lowest BCUT2D eigenvalue weighted by Crippen LogP contribution is -2.13. The maximum Gasteiger partial charge on any atom is 0.271 e. The summed E-state index contributed by atoms with van der Waals surface area (Å²) in [6, 6.07) is 3.46. The SMILES string of the molecule is CSCC(=O)Nc1cc([N+](=O)[O-])ccc1O. The number of phenols is 1. The number of amides is 1. The number of hydrogen-bond donors (Lipinski definition) is 2. The molecule has 1 aromatic carbocycles. The third-order valence-corrected chi connectivity index (χ3v) is 2.29. The Bertz CT molecular complexity index is 422. The summed E-state index contributed by atoms with van der Waals surface area (Å²) in [7, 11) is 0. The van der Waals surface area contributed by atoms with Crippen LogP contribution in [-0.4, -0.2) is 27.9 Å². The van der Waals surface area contributed by atoms with Crippen LogP contribution in [0.2, 0.25) is 0 Å². The van der Waals surface area contributed by atoms with Crippen molar-refractivity contribution in [1.82, 2.24) is 0 Å². The summed E-state index contributed by atoms with van der Waals surface area (Å²) in [5.74, 6) is -0.286. The monoisotopic (exact) mass is 242 g/mol. The van der Waals surface area contributed by atoms with Gasteiger partial charge >= 0.3 is 0 Å². The van der Waals surface area contributed by atoms with Gasteiger partial charge in [-0.25, -0.2) is 0 Å². The Labute approximate surface area is 95.8 Å². The van der Waals surface area contributed by atoms with Crippen LogP contribution in [0.15, 0.2) is 18.2 Å². The molecule has 2 N–H and O–H groups in total. The van der Waals surface area contributed by atoms with Crippen LogP contribution in [0.4, 0.5) is 11.4 Å². The molecular weight excluding hydrogens is 232 g/mol. The normalized spacial score (nSPS) is 9.81. The number of phenolic OH excluding ortho intramolecular Hbond substituents is 1. The van der Waals surface area contributed by atoms with Crippen LogP contribution in [-0.2, 0) is 4.79 Å². The second kappa shape index (κ2) is 5.36. The van der Waals surface area contributed by atoms with Crippen molar-refractivity contribution in [2.75, 3.05) is 17.3 Å². The van der Waals surface area contributed by atoms with Gasteiger partial charge in [-0.15, -0.1) is 0 Å². The predicted octanol–water partition coefficient (Wildman–Crippen LogP) is 1.60. The van der Waals surface area contributed by atoms with Gasteiger partial charge in [-0.05, 0) is 12.3 Å². The number of nitrogens with one attached hydrogen (secondary N) is 1. The van der Waals surface area contributed by atoms with Crippen molar-refractivity contribution in [2.45, 2.75) is 0 Å². The first-order chi connectivity index (χ1) is 7.54. The number of aromatic hydroxyl groups is 1. The van der Waals surface area contributed by atoms with Crippen molar-refractivity contribution in [3.63, 3.8) is 0 Å². The Kier molecular flexibility index (Phi) is 4.12. The number of rotatable bonds is 4. The zero-order chi connectivity index (χ0) is 12.1. The van der Waals surface area contributed by atoms with Gasteiger partial charge in [0.2, 0.25) is 5.91 Å². The van der Waals surface area contributed by atoms with Gasteiger partial charge in [0, 0.05) is 12.1 Å². The topological polar surface area (TPSA) is 92.5 Å². The highest BCUT2D eigenvalue weighted by atomic mass is 32.2. The highest BCUT2D eigenvalue weighted by Gasteiger charge is 2.12. The van der Waals surface area contributed by atoms with Gasteiger partial charge in [0.05, 0.1) is 16.4 Å². The maximum absolute atomic E-state index is 11.2. The highest BCUT2D eigenvalue weighted by Crippen LogP contribution is 2.27. The molecule has 0 saturated heterocycles. The third kappa shape index (κ3) is 3.13. The van der Waals surface area contributed by atoms with Gasteiger partial charge in [0.25, 0.3) is 5.69 Å². The maximum atomic E-state index is 11.2. The van der Waals surface area contributed by atoms with E-state index in [1.54, 1.807) is 6.26 Å². The Morgan fingerprint density at radius 2 is 2.31 bits per heavy atom. The minimum absolute atomic E-state index is 0.0493. The van der Waals surface area contributed by atoms with Crippen molar-refractivity contribution in [2.24, 2.45) is 0 Å². The van der Waals surface area contributed by atoms with Gasteiger partial charge in [-0.1, -0.05) is 0 Å². The lowest BCUT2D eigenvalue weighted by molar-refractivity contribution is -0.384. The predicted molar refractivity (Wildman–Crippen MR) is 61.8 cm³/mol. The second-order valence-electron chi connectivity index (χ2n) is 2.94. The fraction of sp³-hybridized carbons (Fsp3) is 0.222. The molecule has 0 spiro atoms. The van der Waals surface area contributed by atoms with Crippen molar-refractivity contribution in [3.8, 4) is 5.75 Å². The molecule has 0 fully saturated rings. The largest absolute Gasteiger partial charge is 0.506 e. The number of nitro groups is 1. The van der Waals surface area contributed by atoms with Crippen molar-refractivity contribution in [1.29, 1.82) is 0 Å². The van der Waals surface area contributed by atoms with Gasteiger partial charge in [-0.2, -0.15) is 11.8 Å². The van der Waals surface area contributed by atoms with E-state index in [0.29, 0.717) is 0 Å². The van der Waals surface area contributed by atoms with E-state index in [4.69, 9.17) is 0 Å². The van der Waals surface area contributed by atoms with E-state index in [1.165, 1.54) is 23.9 Å². The number of nitrogens with zero attached hydrogens (tertiary/aromatic N) is 1. The molecule has 0 saturated carbocycles. The number of nitro benzene ring substituents is 1.